The zero-order chi connectivity index (χ0) is 20.3. The Bertz CT molecular complexity index is 1330. The molecule has 0 atom stereocenters. The van der Waals surface area contributed by atoms with Crippen molar-refractivity contribution < 1.29 is 4.39 Å². The summed E-state index contributed by atoms with van der Waals surface area (Å²) in [6.45, 7) is 0.706. The van der Waals surface area contributed by atoms with E-state index >= 15 is 0 Å². The van der Waals surface area contributed by atoms with Gasteiger partial charge >= 0.3 is 0 Å². The number of hydrogen-bond acceptors (Lipinski definition) is 3. The zero-order valence-electron chi connectivity index (χ0n) is 16.3. The van der Waals surface area contributed by atoms with Crippen LogP contribution in [0.25, 0.3) is 32.8 Å². The van der Waals surface area contributed by atoms with Gasteiger partial charge in [0, 0.05) is 11.9 Å². The highest BCUT2D eigenvalue weighted by Gasteiger charge is 2.05. The van der Waals surface area contributed by atoms with Gasteiger partial charge in [-0.15, -0.1) is 0 Å². The molecule has 146 valence electrons. The summed E-state index contributed by atoms with van der Waals surface area (Å²) in [5, 5.41) is 6.51. The number of nitrogens with zero attached hydrogens (tertiary/aromatic N) is 2. The molecule has 5 rings (SSSR count). The maximum atomic E-state index is 13.6. The fourth-order valence-electron chi connectivity index (χ4n) is 3.73. The molecular formula is C26H20FN3. The van der Waals surface area contributed by atoms with Crippen LogP contribution < -0.4 is 5.32 Å². The quantitative estimate of drug-likeness (QED) is 0.384. The SMILES string of the molecule is Fc1ccc2ncnc(NCCc3ccc(-c4ccc5ccccc5c4)cc3)c2c1. The molecule has 4 heteroatoms. The molecule has 0 bridgehead atoms. The first kappa shape index (κ1) is 18.3. The summed E-state index contributed by atoms with van der Waals surface area (Å²) in [4.78, 5) is 8.46. The van der Waals surface area contributed by atoms with Crippen LogP contribution in [0.3, 0.4) is 0 Å². The number of benzene rings is 4. The minimum absolute atomic E-state index is 0.287. The highest BCUT2D eigenvalue weighted by atomic mass is 19.1. The molecule has 5 aromatic rings. The van der Waals surface area contributed by atoms with Gasteiger partial charge < -0.3 is 5.32 Å². The Balaban J connectivity index is 1.28. The van der Waals surface area contributed by atoms with Crippen molar-refractivity contribution >= 4 is 27.5 Å². The van der Waals surface area contributed by atoms with Gasteiger partial charge in [-0.3, -0.25) is 0 Å². The Hall–Kier alpha value is -3.79. The summed E-state index contributed by atoms with van der Waals surface area (Å²) in [6.07, 6.45) is 2.35. The summed E-state index contributed by atoms with van der Waals surface area (Å²) in [7, 11) is 0. The van der Waals surface area contributed by atoms with Gasteiger partial charge in [-0.25, -0.2) is 14.4 Å². The van der Waals surface area contributed by atoms with Gasteiger partial charge in [-0.05, 0) is 58.1 Å². The van der Waals surface area contributed by atoms with Crippen LogP contribution >= 0.6 is 0 Å². The lowest BCUT2D eigenvalue weighted by Gasteiger charge is -2.09. The first-order valence-electron chi connectivity index (χ1n) is 9.98. The molecule has 0 saturated heterocycles. The molecule has 0 unspecified atom stereocenters. The second kappa shape index (κ2) is 7.91. The normalized spacial score (nSPS) is 11.1. The minimum atomic E-state index is -0.287. The molecule has 4 aromatic carbocycles. The second-order valence-electron chi connectivity index (χ2n) is 7.32. The molecule has 3 nitrogen and oxygen atoms in total. The van der Waals surface area contributed by atoms with E-state index in [0.717, 1.165) is 11.9 Å². The van der Waals surface area contributed by atoms with Crippen molar-refractivity contribution in [2.24, 2.45) is 0 Å². The standard InChI is InChI=1S/C26H20FN3/c27-23-11-12-25-24(16-23)26(30-17-29-25)28-14-13-18-5-7-20(8-6-18)22-10-9-19-3-1-2-4-21(19)15-22/h1-12,15-17H,13-14H2,(H,28,29,30). The molecule has 0 spiro atoms. The van der Waals surface area contributed by atoms with Crippen LogP contribution in [-0.4, -0.2) is 16.5 Å². The van der Waals surface area contributed by atoms with Gasteiger partial charge in [0.1, 0.15) is 18.0 Å². The fraction of sp³-hybridized carbons (Fsp3) is 0.0769. The Morgan fingerprint density at radius 1 is 0.733 bits per heavy atom. The molecule has 0 saturated carbocycles. The van der Waals surface area contributed by atoms with Crippen LogP contribution in [0.2, 0.25) is 0 Å². The van der Waals surface area contributed by atoms with Gasteiger partial charge in [0.05, 0.1) is 5.52 Å². The van der Waals surface area contributed by atoms with Crippen molar-refractivity contribution in [1.82, 2.24) is 9.97 Å². The smallest absolute Gasteiger partial charge is 0.137 e. The second-order valence-corrected chi connectivity index (χ2v) is 7.32. The predicted molar refractivity (Wildman–Crippen MR) is 121 cm³/mol. The first-order valence-corrected chi connectivity index (χ1v) is 9.98. The Morgan fingerprint density at radius 3 is 2.40 bits per heavy atom. The molecule has 1 heterocycles. The largest absolute Gasteiger partial charge is 0.369 e. The first-order chi connectivity index (χ1) is 14.8. The van der Waals surface area contributed by atoms with E-state index < -0.39 is 0 Å². The van der Waals surface area contributed by atoms with E-state index in [0.29, 0.717) is 17.7 Å². The van der Waals surface area contributed by atoms with Crippen LogP contribution in [0.4, 0.5) is 10.2 Å². The summed E-state index contributed by atoms with van der Waals surface area (Å²) in [5.41, 5.74) is 4.38. The monoisotopic (exact) mass is 393 g/mol. The maximum Gasteiger partial charge on any atom is 0.137 e. The molecule has 30 heavy (non-hydrogen) atoms. The Kier molecular flexibility index (Phi) is 4.81. The third kappa shape index (κ3) is 3.72. The minimum Gasteiger partial charge on any atom is -0.369 e. The van der Waals surface area contributed by atoms with Crippen LogP contribution in [0.5, 0.6) is 0 Å². The summed E-state index contributed by atoms with van der Waals surface area (Å²) in [5.74, 6) is 0.372. The number of anilines is 1. The van der Waals surface area contributed by atoms with E-state index in [1.165, 1.54) is 45.9 Å². The van der Waals surface area contributed by atoms with Crippen LogP contribution in [0, 0.1) is 5.82 Å². The lowest BCUT2D eigenvalue weighted by atomic mass is 10.00. The molecule has 1 aromatic heterocycles. The highest BCUT2D eigenvalue weighted by Crippen LogP contribution is 2.25. The highest BCUT2D eigenvalue weighted by molar-refractivity contribution is 5.89. The summed E-state index contributed by atoms with van der Waals surface area (Å²) >= 11 is 0. The molecule has 0 aliphatic carbocycles. The third-order valence-electron chi connectivity index (χ3n) is 5.34. The number of nitrogens with one attached hydrogen (secondary N) is 1. The van der Waals surface area contributed by atoms with Crippen molar-refractivity contribution in [1.29, 1.82) is 0 Å². The van der Waals surface area contributed by atoms with E-state index in [-0.39, 0.29) is 5.82 Å². The summed E-state index contributed by atoms with van der Waals surface area (Å²) < 4.78 is 13.6. The van der Waals surface area contributed by atoms with Crippen molar-refractivity contribution in [3.05, 3.63) is 103 Å². The molecule has 0 aliphatic heterocycles. The van der Waals surface area contributed by atoms with Gasteiger partial charge in [-0.1, -0.05) is 60.7 Å². The Labute approximate surface area is 174 Å². The molecule has 0 aliphatic rings. The molecule has 0 radical (unpaired) electrons. The number of aromatic nitrogens is 2. The number of fused-ring (bicyclic) bond motifs is 2. The van der Waals surface area contributed by atoms with E-state index in [2.05, 4.69) is 82.0 Å². The van der Waals surface area contributed by atoms with Gasteiger partial charge in [0.15, 0.2) is 0 Å². The van der Waals surface area contributed by atoms with Gasteiger partial charge in [0.25, 0.3) is 0 Å². The van der Waals surface area contributed by atoms with Gasteiger partial charge in [-0.2, -0.15) is 0 Å². The predicted octanol–water partition coefficient (Wildman–Crippen LogP) is 6.24. The third-order valence-corrected chi connectivity index (χ3v) is 5.34. The van der Waals surface area contributed by atoms with Crippen molar-refractivity contribution in [3.63, 3.8) is 0 Å². The average Bonchev–Trinajstić information content (AvgIpc) is 2.79. The number of hydrogen-bond donors (Lipinski definition) is 1. The molecule has 1 N–H and O–H groups in total. The maximum absolute atomic E-state index is 13.6. The average molecular weight is 393 g/mol. The van der Waals surface area contributed by atoms with Crippen molar-refractivity contribution in [3.8, 4) is 11.1 Å². The lowest BCUT2D eigenvalue weighted by molar-refractivity contribution is 0.629. The van der Waals surface area contributed by atoms with E-state index in [9.17, 15) is 4.39 Å². The van der Waals surface area contributed by atoms with E-state index in [4.69, 9.17) is 0 Å². The zero-order valence-corrected chi connectivity index (χ0v) is 16.3. The van der Waals surface area contributed by atoms with Crippen molar-refractivity contribution in [2.45, 2.75) is 6.42 Å². The van der Waals surface area contributed by atoms with Crippen molar-refractivity contribution in [2.75, 3.05) is 11.9 Å². The van der Waals surface area contributed by atoms with E-state index in [1.54, 1.807) is 6.07 Å². The fourth-order valence-corrected chi connectivity index (χ4v) is 3.73. The molecule has 0 fully saturated rings. The summed E-state index contributed by atoms with van der Waals surface area (Å²) in [6, 6.07) is 28.1. The van der Waals surface area contributed by atoms with Crippen LogP contribution in [0.1, 0.15) is 5.56 Å². The number of rotatable bonds is 5. The lowest BCUT2D eigenvalue weighted by Crippen LogP contribution is -2.07. The topological polar surface area (TPSA) is 37.8 Å². The van der Waals surface area contributed by atoms with Crippen LogP contribution in [-0.2, 0) is 6.42 Å². The molecule has 0 amide bonds. The van der Waals surface area contributed by atoms with E-state index in [1.807, 2.05) is 0 Å². The van der Waals surface area contributed by atoms with Gasteiger partial charge in [0.2, 0.25) is 0 Å². The number of halogens is 1. The Morgan fingerprint density at radius 2 is 1.53 bits per heavy atom. The van der Waals surface area contributed by atoms with Crippen LogP contribution in [0.15, 0.2) is 91.3 Å². The molecular weight excluding hydrogens is 373 g/mol.